The van der Waals surface area contributed by atoms with Gasteiger partial charge in [0.15, 0.2) is 5.82 Å². The molecule has 1 fully saturated rings. The van der Waals surface area contributed by atoms with Gasteiger partial charge in [-0.1, -0.05) is 19.8 Å². The summed E-state index contributed by atoms with van der Waals surface area (Å²) in [5.41, 5.74) is 6.95. The molecule has 0 spiro atoms. The molecule has 1 saturated carbocycles. The molecule has 2 N–H and O–H groups in total. The van der Waals surface area contributed by atoms with Gasteiger partial charge in [-0.3, -0.25) is 0 Å². The van der Waals surface area contributed by atoms with Crippen LogP contribution in [0.4, 0.5) is 10.1 Å². The van der Waals surface area contributed by atoms with Crippen molar-refractivity contribution in [2.45, 2.75) is 32.7 Å². The summed E-state index contributed by atoms with van der Waals surface area (Å²) in [5, 5.41) is 11.8. The van der Waals surface area contributed by atoms with E-state index in [1.807, 2.05) is 0 Å². The van der Waals surface area contributed by atoms with Gasteiger partial charge in [0.05, 0.1) is 0 Å². The van der Waals surface area contributed by atoms with E-state index in [9.17, 15) is 4.39 Å². The molecule has 0 aliphatic heterocycles. The first-order chi connectivity index (χ1) is 9.65. The Hall–Kier alpha value is -1.98. The number of anilines is 1. The molecule has 1 aliphatic carbocycles. The van der Waals surface area contributed by atoms with Crippen molar-refractivity contribution in [3.05, 3.63) is 24.0 Å². The Labute approximate surface area is 117 Å². The molecule has 0 radical (unpaired) electrons. The molecule has 0 saturated heterocycles. The Morgan fingerprint density at radius 2 is 2.25 bits per heavy atom. The van der Waals surface area contributed by atoms with Gasteiger partial charge < -0.3 is 5.73 Å². The number of rotatable bonds is 3. The van der Waals surface area contributed by atoms with Crippen LogP contribution in [-0.4, -0.2) is 20.2 Å². The third-order valence-electron chi connectivity index (χ3n) is 4.23. The van der Waals surface area contributed by atoms with Gasteiger partial charge in [-0.05, 0) is 46.9 Å². The number of nitrogens with zero attached hydrogens (tertiary/aromatic N) is 4. The molecule has 1 aromatic carbocycles. The molecule has 1 aliphatic rings. The summed E-state index contributed by atoms with van der Waals surface area (Å²) in [6.07, 6.45) is 3.70. The minimum atomic E-state index is -0.335. The third kappa shape index (κ3) is 2.37. The fourth-order valence-electron chi connectivity index (χ4n) is 2.96. The van der Waals surface area contributed by atoms with Crippen molar-refractivity contribution in [2.24, 2.45) is 11.8 Å². The Bertz CT molecular complexity index is 609. The lowest BCUT2D eigenvalue weighted by Crippen LogP contribution is -2.15. The molecule has 3 rings (SSSR count). The van der Waals surface area contributed by atoms with Crippen molar-refractivity contribution in [2.75, 3.05) is 5.73 Å². The van der Waals surface area contributed by atoms with Crippen molar-refractivity contribution in [3.63, 3.8) is 0 Å². The fraction of sp³-hybridized carbons (Fsp3) is 0.500. The van der Waals surface area contributed by atoms with Crippen molar-refractivity contribution < 1.29 is 4.39 Å². The van der Waals surface area contributed by atoms with Crippen LogP contribution in [0, 0.1) is 17.7 Å². The maximum atomic E-state index is 13.4. The molecule has 2 atom stereocenters. The van der Waals surface area contributed by atoms with Crippen LogP contribution in [0.1, 0.15) is 26.2 Å². The number of benzene rings is 1. The number of tetrazole rings is 1. The molecular formula is C14H18FN5. The first-order valence-electron chi connectivity index (χ1n) is 6.96. The quantitative estimate of drug-likeness (QED) is 0.874. The average Bonchev–Trinajstić information content (AvgIpc) is 3.03. The van der Waals surface area contributed by atoms with Crippen molar-refractivity contribution in [1.29, 1.82) is 0 Å². The van der Waals surface area contributed by atoms with E-state index in [2.05, 4.69) is 22.4 Å². The molecule has 2 aromatic rings. The summed E-state index contributed by atoms with van der Waals surface area (Å²) in [6, 6.07) is 4.27. The predicted molar refractivity (Wildman–Crippen MR) is 74.1 cm³/mol. The largest absolute Gasteiger partial charge is 0.398 e. The molecule has 20 heavy (non-hydrogen) atoms. The second-order valence-corrected chi connectivity index (χ2v) is 5.58. The van der Waals surface area contributed by atoms with E-state index in [4.69, 9.17) is 5.73 Å². The zero-order valence-corrected chi connectivity index (χ0v) is 11.5. The Balaban J connectivity index is 1.91. The van der Waals surface area contributed by atoms with Gasteiger partial charge in [-0.2, -0.15) is 0 Å². The Kier molecular flexibility index (Phi) is 3.38. The van der Waals surface area contributed by atoms with E-state index >= 15 is 0 Å². The number of halogens is 1. The van der Waals surface area contributed by atoms with Gasteiger partial charge in [-0.25, -0.2) is 9.07 Å². The molecule has 0 bridgehead atoms. The predicted octanol–water partition coefficient (Wildman–Crippen LogP) is 2.50. The standard InChI is InChI=1S/C14H18FN5/c1-9-3-2-4-10(9)8-20-14(17-18-19-20)12-7-11(15)5-6-13(12)16/h5-7,9-10H,2-4,8,16H2,1H3. The van der Waals surface area contributed by atoms with Crippen LogP contribution in [0.25, 0.3) is 11.4 Å². The molecule has 1 heterocycles. The molecule has 1 aromatic heterocycles. The summed E-state index contributed by atoms with van der Waals surface area (Å²) in [5.74, 6) is 1.46. The molecular weight excluding hydrogens is 257 g/mol. The van der Waals surface area contributed by atoms with Crippen LogP contribution < -0.4 is 5.73 Å². The Morgan fingerprint density at radius 1 is 1.40 bits per heavy atom. The first-order valence-corrected chi connectivity index (χ1v) is 6.96. The summed E-state index contributed by atoms with van der Waals surface area (Å²) in [6.45, 7) is 3.03. The average molecular weight is 275 g/mol. The number of hydrogen-bond donors (Lipinski definition) is 1. The number of nitrogen functional groups attached to an aromatic ring is 1. The monoisotopic (exact) mass is 275 g/mol. The first kappa shape index (κ1) is 13.0. The second kappa shape index (κ2) is 5.19. The lowest BCUT2D eigenvalue weighted by molar-refractivity contribution is 0.346. The topological polar surface area (TPSA) is 69.6 Å². The maximum Gasteiger partial charge on any atom is 0.184 e. The lowest BCUT2D eigenvalue weighted by Gasteiger charge is -2.16. The zero-order valence-electron chi connectivity index (χ0n) is 11.5. The second-order valence-electron chi connectivity index (χ2n) is 5.58. The summed E-state index contributed by atoms with van der Waals surface area (Å²) < 4.78 is 15.2. The smallest absolute Gasteiger partial charge is 0.184 e. The van der Waals surface area contributed by atoms with Crippen molar-refractivity contribution >= 4 is 5.69 Å². The SMILES string of the molecule is CC1CCCC1Cn1nnnc1-c1cc(F)ccc1N. The number of aromatic nitrogens is 4. The van der Waals surface area contributed by atoms with Crippen LogP contribution in [-0.2, 0) is 6.54 Å². The molecule has 2 unspecified atom stereocenters. The minimum Gasteiger partial charge on any atom is -0.398 e. The van der Waals surface area contributed by atoms with Gasteiger partial charge in [0.25, 0.3) is 0 Å². The van der Waals surface area contributed by atoms with Gasteiger partial charge in [-0.15, -0.1) is 5.10 Å². The molecule has 106 valence electrons. The minimum absolute atomic E-state index is 0.335. The maximum absolute atomic E-state index is 13.4. The molecule has 5 nitrogen and oxygen atoms in total. The van der Waals surface area contributed by atoms with E-state index in [1.165, 1.54) is 31.4 Å². The fourth-order valence-corrected chi connectivity index (χ4v) is 2.96. The van der Waals surface area contributed by atoms with Crippen molar-refractivity contribution in [3.8, 4) is 11.4 Å². The van der Waals surface area contributed by atoms with E-state index in [1.54, 1.807) is 10.7 Å². The van der Waals surface area contributed by atoms with E-state index in [-0.39, 0.29) is 5.82 Å². The van der Waals surface area contributed by atoms with Crippen LogP contribution in [0.5, 0.6) is 0 Å². The van der Waals surface area contributed by atoms with Crippen LogP contribution >= 0.6 is 0 Å². The van der Waals surface area contributed by atoms with Crippen LogP contribution in [0.15, 0.2) is 18.2 Å². The molecule has 6 heteroatoms. The van der Waals surface area contributed by atoms with Crippen LogP contribution in [0.3, 0.4) is 0 Å². The molecule has 0 amide bonds. The summed E-state index contributed by atoms with van der Waals surface area (Å²) in [4.78, 5) is 0. The van der Waals surface area contributed by atoms with E-state index in [0.717, 1.165) is 6.54 Å². The highest BCUT2D eigenvalue weighted by atomic mass is 19.1. The third-order valence-corrected chi connectivity index (χ3v) is 4.23. The van der Waals surface area contributed by atoms with Crippen molar-refractivity contribution in [1.82, 2.24) is 20.2 Å². The number of hydrogen-bond acceptors (Lipinski definition) is 4. The van der Waals surface area contributed by atoms with E-state index < -0.39 is 0 Å². The Morgan fingerprint density at radius 3 is 3.00 bits per heavy atom. The van der Waals surface area contributed by atoms with Gasteiger partial charge in [0, 0.05) is 17.8 Å². The summed E-state index contributed by atoms with van der Waals surface area (Å²) in [7, 11) is 0. The van der Waals surface area contributed by atoms with Gasteiger partial charge in [0.2, 0.25) is 0 Å². The summed E-state index contributed by atoms with van der Waals surface area (Å²) >= 11 is 0. The lowest BCUT2D eigenvalue weighted by atomic mass is 9.98. The highest BCUT2D eigenvalue weighted by molar-refractivity contribution is 5.71. The normalized spacial score (nSPS) is 22.3. The van der Waals surface area contributed by atoms with Gasteiger partial charge >= 0.3 is 0 Å². The van der Waals surface area contributed by atoms with E-state index in [0.29, 0.717) is 28.9 Å². The highest BCUT2D eigenvalue weighted by Crippen LogP contribution is 2.33. The highest BCUT2D eigenvalue weighted by Gasteiger charge is 2.25. The van der Waals surface area contributed by atoms with Gasteiger partial charge in [0.1, 0.15) is 5.82 Å². The zero-order chi connectivity index (χ0) is 14.1. The van der Waals surface area contributed by atoms with Crippen LogP contribution in [0.2, 0.25) is 0 Å². The number of nitrogens with two attached hydrogens (primary N) is 1.